The third kappa shape index (κ3) is 3.80. The standard InChI is InChI=1S/C7H14N2O3/c1-4-9(2)7(11)8-5-6(10)12-3/h4-5H2,1-3H3,(H,8,11). The third-order valence-electron chi connectivity index (χ3n) is 1.43. The fourth-order valence-corrected chi connectivity index (χ4v) is 0.499. The van der Waals surface area contributed by atoms with Gasteiger partial charge in [-0.2, -0.15) is 0 Å². The van der Waals surface area contributed by atoms with Crippen LogP contribution in [0, 0.1) is 0 Å². The Morgan fingerprint density at radius 1 is 1.50 bits per heavy atom. The molecule has 5 nitrogen and oxygen atoms in total. The number of ether oxygens (including phenoxy) is 1. The Morgan fingerprint density at radius 3 is 2.50 bits per heavy atom. The SMILES string of the molecule is CCN(C)C(=O)NCC(=O)OC. The summed E-state index contributed by atoms with van der Waals surface area (Å²) in [5.41, 5.74) is 0. The second-order valence-corrected chi connectivity index (χ2v) is 2.25. The molecule has 0 aromatic heterocycles. The molecular weight excluding hydrogens is 160 g/mol. The molecule has 0 saturated carbocycles. The number of esters is 1. The zero-order chi connectivity index (χ0) is 9.56. The molecule has 0 heterocycles. The van der Waals surface area contributed by atoms with Gasteiger partial charge in [-0.15, -0.1) is 0 Å². The molecule has 0 unspecified atom stereocenters. The fourth-order valence-electron chi connectivity index (χ4n) is 0.499. The van der Waals surface area contributed by atoms with Gasteiger partial charge in [-0.3, -0.25) is 4.79 Å². The van der Waals surface area contributed by atoms with Crippen molar-refractivity contribution in [3.8, 4) is 0 Å². The maximum absolute atomic E-state index is 11.0. The van der Waals surface area contributed by atoms with E-state index in [-0.39, 0.29) is 12.6 Å². The van der Waals surface area contributed by atoms with Crippen molar-refractivity contribution in [2.24, 2.45) is 0 Å². The van der Waals surface area contributed by atoms with Gasteiger partial charge in [0.2, 0.25) is 0 Å². The lowest BCUT2D eigenvalue weighted by Gasteiger charge is -2.14. The highest BCUT2D eigenvalue weighted by Gasteiger charge is 2.07. The third-order valence-corrected chi connectivity index (χ3v) is 1.43. The molecule has 0 spiro atoms. The summed E-state index contributed by atoms with van der Waals surface area (Å²) < 4.78 is 4.34. The Hall–Kier alpha value is -1.26. The molecule has 0 saturated heterocycles. The number of nitrogens with zero attached hydrogens (tertiary/aromatic N) is 1. The number of carbonyl (C=O) groups excluding carboxylic acids is 2. The van der Waals surface area contributed by atoms with Crippen LogP contribution >= 0.6 is 0 Å². The van der Waals surface area contributed by atoms with E-state index in [1.807, 2.05) is 6.92 Å². The van der Waals surface area contributed by atoms with E-state index in [2.05, 4.69) is 10.1 Å². The molecule has 0 fully saturated rings. The second-order valence-electron chi connectivity index (χ2n) is 2.25. The summed E-state index contributed by atoms with van der Waals surface area (Å²) in [6.45, 7) is 2.37. The van der Waals surface area contributed by atoms with E-state index in [1.165, 1.54) is 12.0 Å². The lowest BCUT2D eigenvalue weighted by atomic mass is 10.6. The summed E-state index contributed by atoms with van der Waals surface area (Å²) in [5, 5.41) is 2.40. The van der Waals surface area contributed by atoms with Gasteiger partial charge in [0.05, 0.1) is 7.11 Å². The largest absolute Gasteiger partial charge is 0.468 e. The predicted molar refractivity (Wildman–Crippen MR) is 43.7 cm³/mol. The molecule has 0 aromatic rings. The van der Waals surface area contributed by atoms with Gasteiger partial charge in [0.1, 0.15) is 6.54 Å². The fraction of sp³-hybridized carbons (Fsp3) is 0.714. The van der Waals surface area contributed by atoms with Crippen molar-refractivity contribution in [1.29, 1.82) is 0 Å². The van der Waals surface area contributed by atoms with Gasteiger partial charge in [0, 0.05) is 13.6 Å². The topological polar surface area (TPSA) is 58.6 Å². The molecule has 0 rings (SSSR count). The highest BCUT2D eigenvalue weighted by Crippen LogP contribution is 1.81. The highest BCUT2D eigenvalue weighted by atomic mass is 16.5. The Labute approximate surface area is 71.7 Å². The van der Waals surface area contributed by atoms with E-state index in [0.717, 1.165) is 0 Å². The van der Waals surface area contributed by atoms with Gasteiger partial charge < -0.3 is 15.0 Å². The average molecular weight is 174 g/mol. The predicted octanol–water partition coefficient (Wildman–Crippen LogP) is -0.179. The number of hydrogen-bond donors (Lipinski definition) is 1. The van der Waals surface area contributed by atoms with Crippen LogP contribution in [0.4, 0.5) is 4.79 Å². The highest BCUT2D eigenvalue weighted by molar-refractivity contribution is 5.80. The maximum Gasteiger partial charge on any atom is 0.325 e. The molecule has 0 bridgehead atoms. The van der Waals surface area contributed by atoms with Gasteiger partial charge >= 0.3 is 12.0 Å². The van der Waals surface area contributed by atoms with Gasteiger partial charge in [-0.1, -0.05) is 0 Å². The van der Waals surface area contributed by atoms with Gasteiger partial charge in [-0.05, 0) is 6.92 Å². The second kappa shape index (κ2) is 5.40. The Bertz CT molecular complexity index is 170. The molecular formula is C7H14N2O3. The average Bonchev–Trinajstić information content (AvgIpc) is 2.11. The van der Waals surface area contributed by atoms with Crippen molar-refractivity contribution in [3.63, 3.8) is 0 Å². The van der Waals surface area contributed by atoms with Crippen molar-refractivity contribution in [2.45, 2.75) is 6.92 Å². The molecule has 0 radical (unpaired) electrons. The van der Waals surface area contributed by atoms with Crippen LogP contribution in [0.15, 0.2) is 0 Å². The van der Waals surface area contributed by atoms with E-state index >= 15 is 0 Å². The summed E-state index contributed by atoms with van der Waals surface area (Å²) >= 11 is 0. The Balaban J connectivity index is 3.64. The Kier molecular flexibility index (Phi) is 4.83. The summed E-state index contributed by atoms with van der Waals surface area (Å²) in [5.74, 6) is -0.451. The van der Waals surface area contributed by atoms with Crippen molar-refractivity contribution in [1.82, 2.24) is 10.2 Å². The van der Waals surface area contributed by atoms with E-state index < -0.39 is 5.97 Å². The summed E-state index contributed by atoms with van der Waals surface area (Å²) in [4.78, 5) is 23.0. The van der Waals surface area contributed by atoms with Crippen LogP contribution in [-0.2, 0) is 9.53 Å². The van der Waals surface area contributed by atoms with Crippen LogP contribution in [0.3, 0.4) is 0 Å². The first kappa shape index (κ1) is 10.7. The molecule has 0 aromatic carbocycles. The van der Waals surface area contributed by atoms with Crippen LogP contribution < -0.4 is 5.32 Å². The minimum Gasteiger partial charge on any atom is -0.468 e. The zero-order valence-corrected chi connectivity index (χ0v) is 7.59. The number of rotatable bonds is 3. The van der Waals surface area contributed by atoms with Crippen molar-refractivity contribution in [3.05, 3.63) is 0 Å². The molecule has 2 amide bonds. The first-order valence-electron chi connectivity index (χ1n) is 3.67. The Morgan fingerprint density at radius 2 is 2.08 bits per heavy atom. The van der Waals surface area contributed by atoms with E-state index in [0.29, 0.717) is 6.54 Å². The van der Waals surface area contributed by atoms with E-state index in [9.17, 15) is 9.59 Å². The van der Waals surface area contributed by atoms with Crippen LogP contribution in [0.2, 0.25) is 0 Å². The maximum atomic E-state index is 11.0. The molecule has 12 heavy (non-hydrogen) atoms. The molecule has 0 aliphatic rings. The van der Waals surface area contributed by atoms with E-state index in [4.69, 9.17) is 0 Å². The van der Waals surface area contributed by atoms with Crippen LogP contribution in [0.5, 0.6) is 0 Å². The molecule has 0 aliphatic heterocycles. The van der Waals surface area contributed by atoms with Crippen LogP contribution in [0.1, 0.15) is 6.92 Å². The van der Waals surface area contributed by atoms with E-state index in [1.54, 1.807) is 7.05 Å². The number of carbonyl (C=O) groups is 2. The molecule has 70 valence electrons. The first-order valence-corrected chi connectivity index (χ1v) is 3.67. The van der Waals surface area contributed by atoms with Crippen molar-refractivity contribution < 1.29 is 14.3 Å². The molecule has 0 atom stereocenters. The summed E-state index contributed by atoms with van der Waals surface area (Å²) in [7, 11) is 2.92. The number of nitrogens with one attached hydrogen (secondary N) is 1. The van der Waals surface area contributed by atoms with Gasteiger partial charge in [0.25, 0.3) is 0 Å². The quantitative estimate of drug-likeness (QED) is 0.604. The van der Waals surface area contributed by atoms with Crippen LogP contribution in [-0.4, -0.2) is 44.1 Å². The molecule has 5 heteroatoms. The van der Waals surface area contributed by atoms with Crippen molar-refractivity contribution in [2.75, 3.05) is 27.2 Å². The number of hydrogen-bond acceptors (Lipinski definition) is 3. The monoisotopic (exact) mass is 174 g/mol. The smallest absolute Gasteiger partial charge is 0.325 e. The minimum absolute atomic E-state index is 0.0837. The first-order chi connectivity index (χ1) is 5.61. The number of urea groups is 1. The van der Waals surface area contributed by atoms with Gasteiger partial charge in [-0.25, -0.2) is 4.79 Å². The molecule has 0 aliphatic carbocycles. The number of amides is 2. The zero-order valence-electron chi connectivity index (χ0n) is 7.59. The van der Waals surface area contributed by atoms with Crippen LogP contribution in [0.25, 0.3) is 0 Å². The summed E-state index contributed by atoms with van der Waals surface area (Å²) in [6.07, 6.45) is 0. The van der Waals surface area contributed by atoms with Crippen molar-refractivity contribution >= 4 is 12.0 Å². The summed E-state index contributed by atoms with van der Waals surface area (Å²) in [6, 6.07) is -0.275. The lowest BCUT2D eigenvalue weighted by molar-refractivity contribution is -0.139. The number of methoxy groups -OCH3 is 1. The lowest BCUT2D eigenvalue weighted by Crippen LogP contribution is -2.39. The molecule has 1 N–H and O–H groups in total. The minimum atomic E-state index is -0.451. The normalized spacial score (nSPS) is 8.92. The van der Waals surface area contributed by atoms with Gasteiger partial charge in [0.15, 0.2) is 0 Å².